The van der Waals surface area contributed by atoms with Crippen molar-refractivity contribution in [1.29, 1.82) is 0 Å². The first-order valence-corrected chi connectivity index (χ1v) is 7.80. The lowest BCUT2D eigenvalue weighted by Gasteiger charge is -2.12. The topological polar surface area (TPSA) is 61.4 Å². The Balaban J connectivity index is 2.08. The molecule has 2 amide bonds. The molecule has 0 atom stereocenters. The molecular formula is C15H12ClF3N2O2S. The van der Waals surface area contributed by atoms with Gasteiger partial charge in [-0.05, 0) is 42.1 Å². The van der Waals surface area contributed by atoms with Crippen molar-refractivity contribution in [3.8, 4) is 0 Å². The molecular weight excluding hydrogens is 365 g/mol. The largest absolute Gasteiger partial charge is 0.446 e. The number of thioether (sulfide) groups is 1. The highest BCUT2D eigenvalue weighted by Crippen LogP contribution is 2.37. The monoisotopic (exact) mass is 376 g/mol. The number of aliphatic hydroxyl groups excluding tert-OH is 1. The maximum atomic E-state index is 12.4. The number of nitrogens with one attached hydrogen (secondary N) is 2. The maximum absolute atomic E-state index is 12.4. The fraction of sp³-hybridized carbons (Fsp3) is 0.133. The molecule has 3 N–H and O–H groups in total. The first-order valence-electron chi connectivity index (χ1n) is 6.60. The van der Waals surface area contributed by atoms with Crippen molar-refractivity contribution in [2.75, 3.05) is 10.6 Å². The molecule has 2 aromatic rings. The van der Waals surface area contributed by atoms with Crippen LogP contribution in [0.1, 0.15) is 5.56 Å². The third-order valence-electron chi connectivity index (χ3n) is 2.85. The summed E-state index contributed by atoms with van der Waals surface area (Å²) in [6.07, 6.45) is 0. The Hall–Kier alpha value is -1.90. The molecule has 128 valence electrons. The van der Waals surface area contributed by atoms with E-state index in [0.717, 1.165) is 0 Å². The Morgan fingerprint density at radius 1 is 1.17 bits per heavy atom. The SMILES string of the molecule is O=C(Nc1cccc(SC(F)(F)F)c1)Nc1cccc(Cl)c1CO. The second-order valence-corrected chi connectivity index (χ2v) is 6.12. The summed E-state index contributed by atoms with van der Waals surface area (Å²) in [5, 5.41) is 14.5. The van der Waals surface area contributed by atoms with Crippen molar-refractivity contribution in [2.45, 2.75) is 17.0 Å². The van der Waals surface area contributed by atoms with E-state index in [2.05, 4.69) is 10.6 Å². The highest BCUT2D eigenvalue weighted by Gasteiger charge is 2.29. The number of hydrogen-bond acceptors (Lipinski definition) is 3. The Labute approximate surface area is 145 Å². The molecule has 0 fully saturated rings. The lowest BCUT2D eigenvalue weighted by molar-refractivity contribution is -0.0328. The third kappa shape index (κ3) is 5.33. The number of aliphatic hydroxyl groups is 1. The predicted octanol–water partition coefficient (Wildman–Crippen LogP) is 5.09. The summed E-state index contributed by atoms with van der Waals surface area (Å²) < 4.78 is 37.1. The number of alkyl halides is 3. The smallest absolute Gasteiger partial charge is 0.392 e. The summed E-state index contributed by atoms with van der Waals surface area (Å²) in [5.74, 6) is 0. The number of anilines is 2. The minimum absolute atomic E-state index is 0.0425. The van der Waals surface area contributed by atoms with Crippen LogP contribution in [0.4, 0.5) is 29.3 Å². The number of benzene rings is 2. The van der Waals surface area contributed by atoms with Crippen LogP contribution >= 0.6 is 23.4 Å². The molecule has 0 aromatic heterocycles. The van der Waals surface area contributed by atoms with Gasteiger partial charge in [-0.25, -0.2) is 4.79 Å². The molecule has 0 unspecified atom stereocenters. The standard InChI is InChI=1S/C15H12ClF3N2O2S/c16-12-5-2-6-13(11(12)8-22)21-14(23)20-9-3-1-4-10(7-9)24-15(17,18)19/h1-7,22H,8H2,(H2,20,21,23). The summed E-state index contributed by atoms with van der Waals surface area (Å²) in [6.45, 7) is -0.368. The van der Waals surface area contributed by atoms with E-state index < -0.39 is 11.5 Å². The van der Waals surface area contributed by atoms with Gasteiger partial charge in [0.25, 0.3) is 0 Å². The maximum Gasteiger partial charge on any atom is 0.446 e. The van der Waals surface area contributed by atoms with Crippen LogP contribution in [0.25, 0.3) is 0 Å². The van der Waals surface area contributed by atoms with Crippen LogP contribution in [0.2, 0.25) is 5.02 Å². The van der Waals surface area contributed by atoms with E-state index in [0.29, 0.717) is 16.3 Å². The lowest BCUT2D eigenvalue weighted by Crippen LogP contribution is -2.20. The molecule has 0 radical (unpaired) electrons. The van der Waals surface area contributed by atoms with E-state index in [1.165, 1.54) is 24.3 Å². The number of urea groups is 1. The van der Waals surface area contributed by atoms with E-state index in [1.807, 2.05) is 0 Å². The van der Waals surface area contributed by atoms with E-state index in [-0.39, 0.29) is 29.0 Å². The lowest BCUT2D eigenvalue weighted by atomic mass is 10.2. The summed E-state index contributed by atoms with van der Waals surface area (Å²) in [5.41, 5.74) is -3.55. The summed E-state index contributed by atoms with van der Waals surface area (Å²) in [7, 11) is 0. The summed E-state index contributed by atoms with van der Waals surface area (Å²) >= 11 is 5.65. The van der Waals surface area contributed by atoms with Gasteiger partial charge in [-0.1, -0.05) is 23.7 Å². The van der Waals surface area contributed by atoms with Crippen LogP contribution in [0, 0.1) is 0 Å². The van der Waals surface area contributed by atoms with Gasteiger partial charge in [0.05, 0.1) is 6.61 Å². The van der Waals surface area contributed by atoms with Gasteiger partial charge < -0.3 is 15.7 Å². The second kappa shape index (κ2) is 7.78. The number of halogens is 4. The molecule has 4 nitrogen and oxygen atoms in total. The third-order valence-corrected chi connectivity index (χ3v) is 3.93. The fourth-order valence-electron chi connectivity index (χ4n) is 1.89. The zero-order valence-corrected chi connectivity index (χ0v) is 13.6. The molecule has 9 heteroatoms. The Morgan fingerprint density at radius 2 is 1.88 bits per heavy atom. The molecule has 0 heterocycles. The fourth-order valence-corrected chi connectivity index (χ4v) is 2.73. The van der Waals surface area contributed by atoms with Gasteiger partial charge in [0, 0.05) is 26.9 Å². The second-order valence-electron chi connectivity index (χ2n) is 4.58. The average Bonchev–Trinajstić information content (AvgIpc) is 2.46. The van der Waals surface area contributed by atoms with Crippen LogP contribution < -0.4 is 10.6 Å². The first kappa shape index (κ1) is 18.4. The zero-order valence-electron chi connectivity index (χ0n) is 12.0. The quantitative estimate of drug-likeness (QED) is 0.651. The van der Waals surface area contributed by atoms with Gasteiger partial charge >= 0.3 is 11.5 Å². The van der Waals surface area contributed by atoms with Crippen LogP contribution in [-0.4, -0.2) is 16.6 Å². The van der Waals surface area contributed by atoms with E-state index >= 15 is 0 Å². The molecule has 0 aliphatic carbocycles. The number of carbonyl (C=O) groups is 1. The molecule has 0 aliphatic rings. The molecule has 0 spiro atoms. The normalized spacial score (nSPS) is 11.2. The van der Waals surface area contributed by atoms with Crippen molar-refractivity contribution in [3.05, 3.63) is 53.1 Å². The van der Waals surface area contributed by atoms with Gasteiger partial charge in [0.1, 0.15) is 0 Å². The molecule has 2 aromatic carbocycles. The van der Waals surface area contributed by atoms with Gasteiger partial charge in [0.2, 0.25) is 0 Å². The first-order chi connectivity index (χ1) is 11.3. The van der Waals surface area contributed by atoms with Crippen LogP contribution in [0.3, 0.4) is 0 Å². The molecule has 0 aliphatic heterocycles. The molecule has 0 saturated carbocycles. The Morgan fingerprint density at radius 3 is 2.54 bits per heavy atom. The van der Waals surface area contributed by atoms with Crippen molar-refractivity contribution in [2.24, 2.45) is 0 Å². The van der Waals surface area contributed by atoms with Gasteiger partial charge in [-0.3, -0.25) is 0 Å². The number of carbonyl (C=O) groups excluding carboxylic acids is 1. The molecule has 0 bridgehead atoms. The van der Waals surface area contributed by atoms with Crippen molar-refractivity contribution in [3.63, 3.8) is 0 Å². The van der Waals surface area contributed by atoms with Crippen molar-refractivity contribution < 1.29 is 23.1 Å². The van der Waals surface area contributed by atoms with Gasteiger partial charge in [-0.15, -0.1) is 0 Å². The summed E-state index contributed by atoms with van der Waals surface area (Å²) in [4.78, 5) is 11.9. The van der Waals surface area contributed by atoms with Gasteiger partial charge in [0.15, 0.2) is 0 Å². The number of rotatable bonds is 4. The van der Waals surface area contributed by atoms with Crippen molar-refractivity contribution in [1.82, 2.24) is 0 Å². The van der Waals surface area contributed by atoms with Crippen LogP contribution in [-0.2, 0) is 6.61 Å². The molecule has 2 rings (SSSR count). The van der Waals surface area contributed by atoms with Crippen LogP contribution in [0.15, 0.2) is 47.4 Å². The minimum Gasteiger partial charge on any atom is -0.392 e. The highest BCUT2D eigenvalue weighted by molar-refractivity contribution is 8.00. The highest BCUT2D eigenvalue weighted by atomic mass is 35.5. The van der Waals surface area contributed by atoms with Crippen LogP contribution in [0.5, 0.6) is 0 Å². The molecule has 0 saturated heterocycles. The van der Waals surface area contributed by atoms with E-state index in [1.54, 1.807) is 18.2 Å². The summed E-state index contributed by atoms with van der Waals surface area (Å²) in [6, 6.07) is 9.41. The number of hydrogen-bond donors (Lipinski definition) is 3. The zero-order chi connectivity index (χ0) is 17.7. The predicted molar refractivity (Wildman–Crippen MR) is 88.4 cm³/mol. The van der Waals surface area contributed by atoms with E-state index in [9.17, 15) is 23.1 Å². The Bertz CT molecular complexity index is 741. The minimum atomic E-state index is -4.41. The Kier molecular flexibility index (Phi) is 5.98. The van der Waals surface area contributed by atoms with Crippen molar-refractivity contribution >= 4 is 40.8 Å². The number of amides is 2. The van der Waals surface area contributed by atoms with E-state index in [4.69, 9.17) is 11.6 Å². The average molecular weight is 377 g/mol. The molecule has 24 heavy (non-hydrogen) atoms. The van der Waals surface area contributed by atoms with Gasteiger partial charge in [-0.2, -0.15) is 13.2 Å².